The molecule has 0 fully saturated rings. The van der Waals surface area contributed by atoms with Crippen molar-refractivity contribution < 1.29 is 0 Å². The molecule has 0 radical (unpaired) electrons. The number of rotatable bonds is 0. The van der Waals surface area contributed by atoms with Crippen LogP contribution in [0.2, 0.25) is 0 Å². The molecule has 0 N–H and O–H groups in total. The molecule has 0 saturated carbocycles. The van der Waals surface area contributed by atoms with E-state index in [0.29, 0.717) is 0 Å². The van der Waals surface area contributed by atoms with Crippen LogP contribution in [-0.2, 0) is 0 Å². The van der Waals surface area contributed by atoms with Crippen molar-refractivity contribution in [1.82, 2.24) is 9.19 Å². The Balaban J connectivity index is 2.71. The van der Waals surface area contributed by atoms with Crippen LogP contribution in [0.5, 0.6) is 0 Å². The van der Waals surface area contributed by atoms with E-state index in [-0.39, 0.29) is 0 Å². The van der Waals surface area contributed by atoms with E-state index in [0.717, 1.165) is 5.03 Å². The van der Waals surface area contributed by atoms with Crippen molar-refractivity contribution >= 4 is 21.8 Å². The normalized spacial score (nSPS) is 15.4. The van der Waals surface area contributed by atoms with Crippen LogP contribution in [-0.4, -0.2) is 9.19 Å². The van der Waals surface area contributed by atoms with Crippen LogP contribution in [0.1, 0.15) is 0 Å². The highest BCUT2D eigenvalue weighted by atomic mass is 33.1. The summed E-state index contributed by atoms with van der Waals surface area (Å²) >= 11 is 0. The molecule has 0 unspecified atom stereocenters. The second-order valence-corrected chi connectivity index (χ2v) is 3.27. The summed E-state index contributed by atoms with van der Waals surface area (Å²) in [6, 6.07) is 2.00. The minimum atomic E-state index is 1.12. The van der Waals surface area contributed by atoms with E-state index in [4.69, 9.17) is 0 Å². The lowest BCUT2D eigenvalue weighted by atomic mass is 10.8. The fourth-order valence-corrected chi connectivity index (χ4v) is 2.10. The maximum absolute atomic E-state index is 4.06. The molecule has 0 amide bonds. The van der Waals surface area contributed by atoms with Gasteiger partial charge in [0.15, 0.2) is 0 Å². The molecule has 2 nitrogen and oxygen atoms in total. The molecule has 4 heteroatoms. The first-order chi connectivity index (χ1) is 3.45. The fraction of sp³-hybridized carbons (Fsp3) is 0. The van der Waals surface area contributed by atoms with Gasteiger partial charge < -0.3 is 0 Å². The zero-order valence-corrected chi connectivity index (χ0v) is 5.00. The van der Waals surface area contributed by atoms with Gasteiger partial charge in [0.05, 0.1) is 11.0 Å². The van der Waals surface area contributed by atoms with Crippen LogP contribution in [0.4, 0.5) is 0 Å². The van der Waals surface area contributed by atoms with Gasteiger partial charge in [0.25, 0.3) is 0 Å². The number of aromatic nitrogens is 2. The summed E-state index contributed by atoms with van der Waals surface area (Å²) in [7, 11) is 3.35. The summed E-state index contributed by atoms with van der Waals surface area (Å²) in [5.41, 5.74) is 0. The molecular formula is C3H2N2S2. The molecule has 2 bridgehead atoms. The summed E-state index contributed by atoms with van der Waals surface area (Å²) in [5, 5.41) is 5.18. The van der Waals surface area contributed by atoms with Gasteiger partial charge in [-0.15, -0.1) is 0 Å². The predicted octanol–water partition coefficient (Wildman–Crippen LogP) is 1.40. The molecule has 0 atom stereocenters. The van der Waals surface area contributed by atoms with E-state index in [1.165, 1.54) is 0 Å². The van der Waals surface area contributed by atoms with Gasteiger partial charge in [-0.05, 0) is 16.9 Å². The van der Waals surface area contributed by atoms with E-state index in [9.17, 15) is 0 Å². The molecule has 7 heavy (non-hydrogen) atoms. The molecular weight excluding hydrogens is 128 g/mol. The van der Waals surface area contributed by atoms with Crippen molar-refractivity contribution in [1.29, 1.82) is 0 Å². The van der Waals surface area contributed by atoms with Gasteiger partial charge in [-0.2, -0.15) is 5.10 Å². The third-order valence-electron chi connectivity index (χ3n) is 0.741. The molecule has 2 rings (SSSR count). The number of nitrogens with zero attached hydrogens (tertiary/aromatic N) is 2. The topological polar surface area (TPSA) is 17.8 Å². The average molecular weight is 130 g/mol. The molecule has 0 spiro atoms. The minimum absolute atomic E-state index is 1.12. The van der Waals surface area contributed by atoms with Crippen molar-refractivity contribution in [3.05, 3.63) is 12.3 Å². The highest BCUT2D eigenvalue weighted by molar-refractivity contribution is 8.76. The summed E-state index contributed by atoms with van der Waals surface area (Å²) < 4.78 is 1.85. The van der Waals surface area contributed by atoms with Crippen molar-refractivity contribution in [3.8, 4) is 0 Å². The van der Waals surface area contributed by atoms with Crippen LogP contribution in [0.15, 0.2) is 17.3 Å². The molecule has 36 valence electrons. The third-order valence-corrected chi connectivity index (χ3v) is 2.75. The lowest BCUT2D eigenvalue weighted by Crippen LogP contribution is -1.74. The maximum atomic E-state index is 4.06. The number of fused-ring (bicyclic) bond motifs is 2. The van der Waals surface area contributed by atoms with Gasteiger partial charge in [0.2, 0.25) is 0 Å². The number of hydrogen-bond acceptors (Lipinski definition) is 3. The zero-order valence-electron chi connectivity index (χ0n) is 3.37. The van der Waals surface area contributed by atoms with E-state index in [2.05, 4.69) is 5.10 Å². The SMILES string of the molecule is c1cn2nc1SS2. The molecule has 1 aromatic rings. The van der Waals surface area contributed by atoms with Crippen LogP contribution in [0.25, 0.3) is 0 Å². The van der Waals surface area contributed by atoms with Crippen molar-refractivity contribution in [3.63, 3.8) is 0 Å². The Morgan fingerprint density at radius 2 is 2.71 bits per heavy atom. The predicted molar refractivity (Wildman–Crippen MR) is 31.1 cm³/mol. The Labute approximate surface area is 48.8 Å². The second-order valence-electron chi connectivity index (χ2n) is 1.21. The van der Waals surface area contributed by atoms with E-state index >= 15 is 0 Å². The first-order valence-electron chi connectivity index (χ1n) is 1.86. The van der Waals surface area contributed by atoms with Crippen LogP contribution in [0, 0.1) is 0 Å². The van der Waals surface area contributed by atoms with Gasteiger partial charge >= 0.3 is 0 Å². The zero-order chi connectivity index (χ0) is 4.69. The molecule has 1 aromatic heterocycles. The van der Waals surface area contributed by atoms with Crippen molar-refractivity contribution in [2.24, 2.45) is 0 Å². The number of hydrogen-bond donors (Lipinski definition) is 0. The summed E-state index contributed by atoms with van der Waals surface area (Å²) in [5.74, 6) is 0. The summed E-state index contributed by atoms with van der Waals surface area (Å²) in [6.45, 7) is 0. The largest absolute Gasteiger partial charge is 0.202 e. The molecule has 0 aliphatic carbocycles. The highest BCUT2D eigenvalue weighted by Gasteiger charge is 2.07. The highest BCUT2D eigenvalue weighted by Crippen LogP contribution is 2.36. The average Bonchev–Trinajstić information content (AvgIpc) is 2.22. The monoisotopic (exact) mass is 130 g/mol. The fourth-order valence-electron chi connectivity index (χ4n) is 0.454. The van der Waals surface area contributed by atoms with Gasteiger partial charge in [-0.3, -0.25) is 0 Å². The lowest BCUT2D eigenvalue weighted by Gasteiger charge is -1.86. The summed E-state index contributed by atoms with van der Waals surface area (Å²) in [4.78, 5) is 0. The first kappa shape index (κ1) is 3.86. The standard InChI is InChI=1S/C3H2N2S2/c1-2-5-4-3(1)6-7-5/h1-2H. The third kappa shape index (κ3) is 0.467. The molecule has 1 aliphatic rings. The Morgan fingerprint density at radius 1 is 1.71 bits per heavy atom. The van der Waals surface area contributed by atoms with E-state index in [1.54, 1.807) is 21.8 Å². The second kappa shape index (κ2) is 1.20. The Kier molecular flexibility index (Phi) is 0.660. The molecule has 2 heterocycles. The van der Waals surface area contributed by atoms with Crippen molar-refractivity contribution in [2.75, 3.05) is 0 Å². The quantitative estimate of drug-likeness (QED) is 0.494. The van der Waals surface area contributed by atoms with Crippen LogP contribution in [0.3, 0.4) is 0 Å². The van der Waals surface area contributed by atoms with Crippen LogP contribution < -0.4 is 0 Å². The van der Waals surface area contributed by atoms with Gasteiger partial charge in [-0.25, -0.2) is 4.09 Å². The van der Waals surface area contributed by atoms with E-state index in [1.807, 2.05) is 16.4 Å². The van der Waals surface area contributed by atoms with Crippen molar-refractivity contribution in [2.45, 2.75) is 5.03 Å². The lowest BCUT2D eigenvalue weighted by molar-refractivity contribution is 0.962. The van der Waals surface area contributed by atoms with Gasteiger partial charge in [0, 0.05) is 6.20 Å². The first-order valence-corrected chi connectivity index (χ1v) is 3.96. The molecule has 1 aliphatic heterocycles. The maximum Gasteiger partial charge on any atom is 0.131 e. The van der Waals surface area contributed by atoms with Gasteiger partial charge in [0.1, 0.15) is 5.03 Å². The summed E-state index contributed by atoms with van der Waals surface area (Å²) in [6.07, 6.45) is 1.95. The minimum Gasteiger partial charge on any atom is -0.202 e. The smallest absolute Gasteiger partial charge is 0.131 e. The van der Waals surface area contributed by atoms with E-state index < -0.39 is 0 Å². The molecule has 0 aromatic carbocycles. The van der Waals surface area contributed by atoms with Gasteiger partial charge in [-0.1, -0.05) is 0 Å². The van der Waals surface area contributed by atoms with Crippen LogP contribution >= 0.6 is 21.8 Å². The Hall–Kier alpha value is -0.0900. The Bertz CT molecular complexity index is 164. The molecule has 0 saturated heterocycles. The Morgan fingerprint density at radius 3 is 2.86 bits per heavy atom.